The number of furan rings is 1. The molecular formula is C31H29N5O. The molecular weight excluding hydrogens is 458 g/mol. The molecule has 4 heterocycles. The Hall–Kier alpha value is -4.16. The third-order valence-electron chi connectivity index (χ3n) is 7.68. The Balaban J connectivity index is 1.20. The summed E-state index contributed by atoms with van der Waals surface area (Å²) in [7, 11) is 0. The van der Waals surface area contributed by atoms with E-state index in [1.54, 1.807) is 12.5 Å². The van der Waals surface area contributed by atoms with Crippen LogP contribution in [0.5, 0.6) is 0 Å². The summed E-state index contributed by atoms with van der Waals surface area (Å²) in [5.74, 6) is 0.832. The highest BCUT2D eigenvalue weighted by Gasteiger charge is 2.16. The zero-order valence-corrected chi connectivity index (χ0v) is 20.6. The lowest BCUT2D eigenvalue weighted by Crippen LogP contribution is -2.20. The van der Waals surface area contributed by atoms with Gasteiger partial charge in [-0.25, -0.2) is 0 Å². The second-order valence-electron chi connectivity index (χ2n) is 10.2. The summed E-state index contributed by atoms with van der Waals surface area (Å²) in [4.78, 5) is 8.12. The average molecular weight is 488 g/mol. The van der Waals surface area contributed by atoms with E-state index in [-0.39, 0.29) is 0 Å². The van der Waals surface area contributed by atoms with Crippen molar-refractivity contribution in [1.82, 2.24) is 25.5 Å². The van der Waals surface area contributed by atoms with Gasteiger partial charge in [-0.3, -0.25) is 10.1 Å². The standard InChI is InChI=1S/C31H29N5O/c1-2-5-20(4-1)15-32-16-21-12-24(18-33-17-21)22-8-9-29-27(13-22)31(36-35-29)30-14-26-25(23-10-11-37-19-23)6-3-7-28(26)34-30/h3,6-14,17-20,32,34H,1-2,4-5,15-16H2,(H,35,36). The van der Waals surface area contributed by atoms with E-state index >= 15 is 0 Å². The minimum Gasteiger partial charge on any atom is -0.472 e. The predicted octanol–water partition coefficient (Wildman–Crippen LogP) is 7.31. The quantitative estimate of drug-likeness (QED) is 0.220. The summed E-state index contributed by atoms with van der Waals surface area (Å²) in [5.41, 5.74) is 9.65. The molecule has 0 atom stereocenters. The first-order valence-corrected chi connectivity index (χ1v) is 13.1. The summed E-state index contributed by atoms with van der Waals surface area (Å²) >= 11 is 0. The Morgan fingerprint density at radius 3 is 2.73 bits per heavy atom. The molecule has 3 N–H and O–H groups in total. The van der Waals surface area contributed by atoms with Crippen LogP contribution in [0.4, 0.5) is 0 Å². The summed E-state index contributed by atoms with van der Waals surface area (Å²) in [5, 5.41) is 13.8. The van der Waals surface area contributed by atoms with Crippen molar-refractivity contribution in [2.75, 3.05) is 6.54 Å². The fourth-order valence-corrected chi connectivity index (χ4v) is 5.73. The summed E-state index contributed by atoms with van der Waals surface area (Å²) < 4.78 is 5.33. The molecule has 37 heavy (non-hydrogen) atoms. The van der Waals surface area contributed by atoms with Crippen molar-refractivity contribution in [1.29, 1.82) is 0 Å². The Labute approximate surface area is 215 Å². The van der Waals surface area contributed by atoms with Crippen LogP contribution in [0.3, 0.4) is 0 Å². The first-order chi connectivity index (χ1) is 18.3. The van der Waals surface area contributed by atoms with Gasteiger partial charge in [-0.05, 0) is 78.4 Å². The van der Waals surface area contributed by atoms with Crippen LogP contribution in [0.25, 0.3) is 55.4 Å². The van der Waals surface area contributed by atoms with E-state index in [9.17, 15) is 0 Å². The first-order valence-electron chi connectivity index (χ1n) is 13.1. The zero-order valence-electron chi connectivity index (χ0n) is 20.6. The maximum atomic E-state index is 5.33. The Bertz CT molecular complexity index is 1670. The van der Waals surface area contributed by atoms with Crippen molar-refractivity contribution in [2.45, 2.75) is 32.2 Å². The Morgan fingerprint density at radius 1 is 0.892 bits per heavy atom. The summed E-state index contributed by atoms with van der Waals surface area (Å²) in [6.07, 6.45) is 12.9. The van der Waals surface area contributed by atoms with Gasteiger partial charge in [0.25, 0.3) is 0 Å². The molecule has 4 aromatic heterocycles. The van der Waals surface area contributed by atoms with Crippen LogP contribution in [0.15, 0.2) is 83.9 Å². The van der Waals surface area contributed by atoms with Gasteiger partial charge in [0, 0.05) is 46.4 Å². The van der Waals surface area contributed by atoms with Crippen LogP contribution in [-0.4, -0.2) is 26.7 Å². The third-order valence-corrected chi connectivity index (χ3v) is 7.68. The van der Waals surface area contributed by atoms with Crippen LogP contribution in [0, 0.1) is 5.92 Å². The van der Waals surface area contributed by atoms with E-state index in [4.69, 9.17) is 4.42 Å². The largest absolute Gasteiger partial charge is 0.472 e. The molecule has 0 amide bonds. The van der Waals surface area contributed by atoms with Crippen LogP contribution in [-0.2, 0) is 6.54 Å². The molecule has 0 radical (unpaired) electrons. The molecule has 0 saturated heterocycles. The van der Waals surface area contributed by atoms with Crippen molar-refractivity contribution < 1.29 is 4.42 Å². The lowest BCUT2D eigenvalue weighted by molar-refractivity contribution is 0.489. The molecule has 6 nitrogen and oxygen atoms in total. The molecule has 6 aromatic rings. The lowest BCUT2D eigenvalue weighted by Gasteiger charge is -2.11. The molecule has 2 aromatic carbocycles. The highest BCUT2D eigenvalue weighted by Crippen LogP contribution is 2.35. The number of H-pyrrole nitrogens is 2. The van der Waals surface area contributed by atoms with Gasteiger partial charge in [0.15, 0.2) is 0 Å². The van der Waals surface area contributed by atoms with Gasteiger partial charge in [0.1, 0.15) is 5.69 Å². The molecule has 1 aliphatic carbocycles. The van der Waals surface area contributed by atoms with E-state index in [1.807, 2.05) is 18.5 Å². The summed E-state index contributed by atoms with van der Waals surface area (Å²) in [6, 6.07) is 19.1. The van der Waals surface area contributed by atoms with E-state index in [0.717, 1.165) is 74.5 Å². The predicted molar refractivity (Wildman–Crippen MR) is 148 cm³/mol. The van der Waals surface area contributed by atoms with Gasteiger partial charge in [-0.2, -0.15) is 5.10 Å². The molecule has 0 spiro atoms. The smallest absolute Gasteiger partial charge is 0.116 e. The SMILES string of the molecule is c1cc(-c2ccoc2)c2cc(-c3n[nH]c4ccc(-c5cncc(CNCC6CCCC6)c5)cc34)[nH]c2c1. The van der Waals surface area contributed by atoms with Crippen molar-refractivity contribution in [2.24, 2.45) is 5.92 Å². The molecule has 7 rings (SSSR count). The number of fused-ring (bicyclic) bond motifs is 2. The van der Waals surface area contributed by atoms with Crippen molar-refractivity contribution in [3.05, 3.63) is 85.1 Å². The molecule has 184 valence electrons. The second-order valence-corrected chi connectivity index (χ2v) is 10.2. The maximum absolute atomic E-state index is 5.33. The number of hydrogen-bond donors (Lipinski definition) is 3. The minimum atomic E-state index is 0.832. The maximum Gasteiger partial charge on any atom is 0.116 e. The van der Waals surface area contributed by atoms with Gasteiger partial charge in [-0.1, -0.05) is 31.0 Å². The first kappa shape index (κ1) is 22.1. The van der Waals surface area contributed by atoms with Crippen molar-refractivity contribution in [3.8, 4) is 33.6 Å². The number of benzene rings is 2. The van der Waals surface area contributed by atoms with Crippen LogP contribution in [0.2, 0.25) is 0 Å². The lowest BCUT2D eigenvalue weighted by atomic mass is 10.0. The van der Waals surface area contributed by atoms with E-state index < -0.39 is 0 Å². The fraction of sp³-hybridized carbons (Fsp3) is 0.226. The summed E-state index contributed by atoms with van der Waals surface area (Å²) in [6.45, 7) is 1.95. The highest BCUT2D eigenvalue weighted by atomic mass is 16.3. The number of pyridine rings is 1. The van der Waals surface area contributed by atoms with E-state index in [1.165, 1.54) is 31.2 Å². The minimum absolute atomic E-state index is 0.832. The molecule has 0 bridgehead atoms. The topological polar surface area (TPSA) is 82.5 Å². The number of nitrogens with zero attached hydrogens (tertiary/aromatic N) is 2. The number of rotatable bonds is 7. The van der Waals surface area contributed by atoms with E-state index in [2.05, 4.69) is 74.0 Å². The van der Waals surface area contributed by atoms with Gasteiger partial charge < -0.3 is 14.7 Å². The molecule has 1 aliphatic rings. The van der Waals surface area contributed by atoms with Crippen LogP contribution in [0.1, 0.15) is 31.2 Å². The number of nitrogens with one attached hydrogen (secondary N) is 3. The van der Waals surface area contributed by atoms with Crippen molar-refractivity contribution >= 4 is 21.8 Å². The zero-order chi connectivity index (χ0) is 24.6. The third kappa shape index (κ3) is 4.23. The van der Waals surface area contributed by atoms with Gasteiger partial charge in [0.2, 0.25) is 0 Å². The Kier molecular flexibility index (Phi) is 5.59. The fourth-order valence-electron chi connectivity index (χ4n) is 5.73. The number of hydrogen-bond acceptors (Lipinski definition) is 4. The molecule has 6 heteroatoms. The van der Waals surface area contributed by atoms with Crippen molar-refractivity contribution in [3.63, 3.8) is 0 Å². The number of aromatic amines is 2. The number of aromatic nitrogens is 4. The monoisotopic (exact) mass is 487 g/mol. The van der Waals surface area contributed by atoms with E-state index in [0.29, 0.717) is 0 Å². The molecule has 0 unspecified atom stereocenters. The van der Waals surface area contributed by atoms with Gasteiger partial charge >= 0.3 is 0 Å². The van der Waals surface area contributed by atoms with Gasteiger partial charge in [-0.15, -0.1) is 0 Å². The Morgan fingerprint density at radius 2 is 1.84 bits per heavy atom. The molecule has 1 saturated carbocycles. The van der Waals surface area contributed by atoms with Gasteiger partial charge in [0.05, 0.1) is 23.7 Å². The second kappa shape index (κ2) is 9.37. The van der Waals surface area contributed by atoms with Crippen LogP contribution < -0.4 is 5.32 Å². The van der Waals surface area contributed by atoms with Crippen LogP contribution >= 0.6 is 0 Å². The average Bonchev–Trinajstić information content (AvgIpc) is 3.74. The molecule has 1 fully saturated rings. The highest BCUT2D eigenvalue weighted by molar-refractivity contribution is 6.01. The molecule has 0 aliphatic heterocycles. The normalized spacial score (nSPS) is 14.3.